The highest BCUT2D eigenvalue weighted by molar-refractivity contribution is 5.92. The Morgan fingerprint density at radius 2 is 1.73 bits per heavy atom. The minimum atomic E-state index is -1.21. The van der Waals surface area contributed by atoms with Gasteiger partial charge in [0, 0.05) is 23.2 Å². The lowest BCUT2D eigenvalue weighted by Crippen LogP contribution is -2.20. The lowest BCUT2D eigenvalue weighted by molar-refractivity contribution is -0.385. The van der Waals surface area contributed by atoms with Crippen molar-refractivity contribution in [2.24, 2.45) is 0 Å². The van der Waals surface area contributed by atoms with Crippen LogP contribution in [0.2, 0.25) is 0 Å². The molecule has 0 radical (unpaired) electrons. The molecule has 0 aliphatic carbocycles. The molecule has 0 N–H and O–H groups in total. The molecule has 10 heteroatoms. The van der Waals surface area contributed by atoms with E-state index in [1.54, 1.807) is 13.0 Å². The molecule has 3 aromatic carbocycles. The van der Waals surface area contributed by atoms with Crippen LogP contribution in [0.3, 0.4) is 0 Å². The number of nitro benzene ring substituents is 1. The number of aromatic nitrogens is 1. The summed E-state index contributed by atoms with van der Waals surface area (Å²) >= 11 is 0. The standard InChI is InChI=1S/C27H24F2N2O6/c1-16(14-35-15-18-7-5-4-6-8-18)36-26-17(2)25-22(13-24(26)34-3)30-10-9-23(25)37-27-20(28)11-19(31(32)33)12-21(27)29/h4-13,16H,14-15H2,1-3H3/t16-/m0/s1. The van der Waals surface area contributed by atoms with Gasteiger partial charge in [-0.3, -0.25) is 15.1 Å². The van der Waals surface area contributed by atoms with Crippen molar-refractivity contribution in [2.75, 3.05) is 13.7 Å². The maximum atomic E-state index is 14.5. The minimum Gasteiger partial charge on any atom is -0.493 e. The number of non-ortho nitro benzene ring substituents is 1. The number of benzene rings is 3. The van der Waals surface area contributed by atoms with E-state index in [1.807, 2.05) is 37.3 Å². The first-order valence-electron chi connectivity index (χ1n) is 11.3. The van der Waals surface area contributed by atoms with E-state index < -0.39 is 28.0 Å². The fourth-order valence-corrected chi connectivity index (χ4v) is 3.83. The van der Waals surface area contributed by atoms with Crippen molar-refractivity contribution >= 4 is 16.6 Å². The molecule has 1 heterocycles. The van der Waals surface area contributed by atoms with Crippen LogP contribution in [0.1, 0.15) is 18.1 Å². The van der Waals surface area contributed by atoms with Gasteiger partial charge < -0.3 is 18.9 Å². The van der Waals surface area contributed by atoms with Crippen LogP contribution in [0.5, 0.6) is 23.0 Å². The zero-order chi connectivity index (χ0) is 26.5. The fourth-order valence-electron chi connectivity index (χ4n) is 3.83. The molecule has 8 nitrogen and oxygen atoms in total. The highest BCUT2D eigenvalue weighted by Crippen LogP contribution is 2.42. The molecule has 0 bridgehead atoms. The van der Waals surface area contributed by atoms with Crippen molar-refractivity contribution in [3.8, 4) is 23.0 Å². The molecule has 0 aliphatic heterocycles. The number of hydrogen-bond donors (Lipinski definition) is 0. The smallest absolute Gasteiger partial charge is 0.275 e. The lowest BCUT2D eigenvalue weighted by atomic mass is 10.1. The van der Waals surface area contributed by atoms with Crippen molar-refractivity contribution < 1.29 is 32.7 Å². The fraction of sp³-hybridized carbons (Fsp3) is 0.222. The second kappa shape index (κ2) is 11.2. The number of hydrogen-bond acceptors (Lipinski definition) is 7. The molecule has 0 amide bonds. The van der Waals surface area contributed by atoms with E-state index in [1.165, 1.54) is 19.4 Å². The zero-order valence-electron chi connectivity index (χ0n) is 20.4. The Morgan fingerprint density at radius 1 is 1.03 bits per heavy atom. The van der Waals surface area contributed by atoms with Crippen LogP contribution >= 0.6 is 0 Å². The van der Waals surface area contributed by atoms with Crippen LogP contribution in [0, 0.1) is 28.7 Å². The first kappa shape index (κ1) is 25.8. The Hall–Kier alpha value is -4.31. The van der Waals surface area contributed by atoms with Crippen molar-refractivity contribution in [3.05, 3.63) is 93.7 Å². The van der Waals surface area contributed by atoms with Crippen LogP contribution in [0.25, 0.3) is 10.9 Å². The Labute approximate surface area is 211 Å². The molecule has 1 atom stereocenters. The highest BCUT2D eigenvalue weighted by atomic mass is 19.1. The number of aryl methyl sites for hydroxylation is 1. The first-order valence-corrected chi connectivity index (χ1v) is 11.3. The molecule has 0 spiro atoms. The maximum Gasteiger partial charge on any atom is 0.275 e. The van der Waals surface area contributed by atoms with Gasteiger partial charge in [-0.1, -0.05) is 30.3 Å². The first-order chi connectivity index (χ1) is 17.8. The van der Waals surface area contributed by atoms with Gasteiger partial charge >= 0.3 is 0 Å². The SMILES string of the molecule is COc1cc2nccc(Oc3c(F)cc([N+](=O)[O-])cc3F)c2c(C)c1O[C@@H](C)COCc1ccccc1. The minimum absolute atomic E-state index is 0.0923. The summed E-state index contributed by atoms with van der Waals surface area (Å²) in [7, 11) is 1.49. The lowest BCUT2D eigenvalue weighted by Gasteiger charge is -2.21. The number of fused-ring (bicyclic) bond motifs is 1. The average molecular weight is 510 g/mol. The molecule has 192 valence electrons. The topological polar surface area (TPSA) is 93.0 Å². The normalized spacial score (nSPS) is 11.8. The molecule has 37 heavy (non-hydrogen) atoms. The van der Waals surface area contributed by atoms with Gasteiger partial charge in [-0.05, 0) is 25.5 Å². The third kappa shape index (κ3) is 5.75. The number of nitrogens with zero attached hydrogens (tertiary/aromatic N) is 2. The molecule has 0 saturated heterocycles. The predicted octanol–water partition coefficient (Wildman–Crippen LogP) is 6.51. The molecule has 1 aromatic heterocycles. The quantitative estimate of drug-likeness (QED) is 0.177. The second-order valence-electron chi connectivity index (χ2n) is 8.26. The monoisotopic (exact) mass is 510 g/mol. The zero-order valence-corrected chi connectivity index (χ0v) is 20.4. The number of rotatable bonds is 10. The second-order valence-corrected chi connectivity index (χ2v) is 8.26. The molecule has 0 fully saturated rings. The number of pyridine rings is 1. The molecular formula is C27H24F2N2O6. The van der Waals surface area contributed by atoms with E-state index in [0.717, 1.165) is 5.56 Å². The van der Waals surface area contributed by atoms with E-state index in [0.29, 0.717) is 53.3 Å². The van der Waals surface area contributed by atoms with Crippen molar-refractivity contribution in [3.63, 3.8) is 0 Å². The molecule has 4 rings (SSSR count). The highest BCUT2D eigenvalue weighted by Gasteiger charge is 2.23. The molecular weight excluding hydrogens is 486 g/mol. The van der Waals surface area contributed by atoms with Crippen molar-refractivity contribution in [1.82, 2.24) is 4.98 Å². The third-order valence-electron chi connectivity index (χ3n) is 5.56. The summed E-state index contributed by atoms with van der Waals surface area (Å²) in [6, 6.07) is 14.0. The van der Waals surface area contributed by atoms with Crippen LogP contribution in [0.4, 0.5) is 14.5 Å². The largest absolute Gasteiger partial charge is 0.493 e. The van der Waals surface area contributed by atoms with Crippen LogP contribution in [-0.2, 0) is 11.3 Å². The summed E-state index contributed by atoms with van der Waals surface area (Å²) in [6.07, 6.45) is 1.05. The number of methoxy groups -OCH3 is 1. The summed E-state index contributed by atoms with van der Waals surface area (Å²) in [5.41, 5.74) is 1.32. The van der Waals surface area contributed by atoms with Gasteiger partial charge in [0.2, 0.25) is 0 Å². The number of nitro groups is 1. The number of ether oxygens (including phenoxy) is 4. The summed E-state index contributed by atoms with van der Waals surface area (Å²) in [5, 5.41) is 11.3. The van der Waals surface area contributed by atoms with Crippen molar-refractivity contribution in [1.29, 1.82) is 0 Å². The molecule has 0 unspecified atom stereocenters. The van der Waals surface area contributed by atoms with Gasteiger partial charge in [-0.25, -0.2) is 8.78 Å². The Balaban J connectivity index is 1.63. The van der Waals surface area contributed by atoms with Gasteiger partial charge in [0.25, 0.3) is 5.69 Å². The van der Waals surface area contributed by atoms with E-state index in [9.17, 15) is 18.9 Å². The Bertz CT molecular complexity index is 1410. The van der Waals surface area contributed by atoms with Gasteiger partial charge in [-0.2, -0.15) is 0 Å². The molecule has 0 saturated carbocycles. The van der Waals surface area contributed by atoms with Crippen LogP contribution in [-0.4, -0.2) is 29.7 Å². The average Bonchev–Trinajstić information content (AvgIpc) is 2.88. The van der Waals surface area contributed by atoms with Gasteiger partial charge in [0.05, 0.1) is 42.9 Å². The van der Waals surface area contributed by atoms with Crippen LogP contribution in [0.15, 0.2) is 60.8 Å². The van der Waals surface area contributed by atoms with E-state index in [4.69, 9.17) is 18.9 Å². The van der Waals surface area contributed by atoms with Gasteiger partial charge in [0.1, 0.15) is 11.9 Å². The molecule has 4 aromatic rings. The predicted molar refractivity (Wildman–Crippen MR) is 132 cm³/mol. The maximum absolute atomic E-state index is 14.5. The van der Waals surface area contributed by atoms with Crippen molar-refractivity contribution in [2.45, 2.75) is 26.6 Å². The molecule has 0 aliphatic rings. The number of halogens is 2. The summed E-state index contributed by atoms with van der Waals surface area (Å²) < 4.78 is 52.1. The summed E-state index contributed by atoms with van der Waals surface area (Å²) in [5.74, 6) is -2.27. The third-order valence-corrected chi connectivity index (χ3v) is 5.56. The van der Waals surface area contributed by atoms with E-state index >= 15 is 0 Å². The Morgan fingerprint density at radius 3 is 2.38 bits per heavy atom. The van der Waals surface area contributed by atoms with Gasteiger partial charge in [-0.15, -0.1) is 0 Å². The Kier molecular flexibility index (Phi) is 7.78. The summed E-state index contributed by atoms with van der Waals surface area (Å²) in [6.45, 7) is 4.31. The summed E-state index contributed by atoms with van der Waals surface area (Å²) in [4.78, 5) is 14.3. The van der Waals surface area contributed by atoms with E-state index in [-0.39, 0.29) is 11.9 Å². The van der Waals surface area contributed by atoms with Gasteiger partial charge in [0.15, 0.2) is 28.9 Å². The van der Waals surface area contributed by atoms with E-state index in [2.05, 4.69) is 4.98 Å². The van der Waals surface area contributed by atoms with Crippen LogP contribution < -0.4 is 14.2 Å².